The zero-order valence-corrected chi connectivity index (χ0v) is 10.8. The number of ether oxygens (including phenoxy) is 1. The van der Waals surface area contributed by atoms with Gasteiger partial charge in [-0.3, -0.25) is 0 Å². The number of hydrogen-bond acceptors (Lipinski definition) is 5. The average molecular weight is 272 g/mol. The second-order valence-electron chi connectivity index (χ2n) is 3.63. The van der Waals surface area contributed by atoms with Crippen LogP contribution >= 0.6 is 0 Å². The molecule has 0 saturated carbocycles. The fourth-order valence-electron chi connectivity index (χ4n) is 1.45. The first-order valence-corrected chi connectivity index (χ1v) is 7.04. The Kier molecular flexibility index (Phi) is 4.69. The van der Waals surface area contributed by atoms with Gasteiger partial charge in [0, 0.05) is 6.54 Å². The summed E-state index contributed by atoms with van der Waals surface area (Å²) in [6.07, 6.45) is -1.59. The van der Waals surface area contributed by atoms with Crippen LogP contribution in [0.2, 0.25) is 0 Å². The minimum absolute atomic E-state index is 0.0322. The highest BCUT2D eigenvalue weighted by Gasteiger charge is 2.15. The molecule has 0 aliphatic heterocycles. The first-order chi connectivity index (χ1) is 8.40. The van der Waals surface area contributed by atoms with Crippen LogP contribution in [-0.2, 0) is 14.6 Å². The summed E-state index contributed by atoms with van der Waals surface area (Å²) in [5, 5.41) is 0. The molecule has 0 aliphatic rings. The van der Waals surface area contributed by atoms with Gasteiger partial charge in [0.2, 0.25) is 0 Å². The van der Waals surface area contributed by atoms with Gasteiger partial charge in [-0.1, -0.05) is 19.1 Å². The minimum atomic E-state index is -3.23. The van der Waals surface area contributed by atoms with Gasteiger partial charge >= 0.3 is 6.09 Å². The van der Waals surface area contributed by atoms with E-state index in [1.807, 2.05) is 0 Å². The Labute approximate surface area is 106 Å². The number of sulfone groups is 1. The van der Waals surface area contributed by atoms with Crippen LogP contribution in [0.25, 0.3) is 0 Å². The van der Waals surface area contributed by atoms with Gasteiger partial charge in [-0.2, -0.15) is 0 Å². The predicted molar refractivity (Wildman–Crippen MR) is 66.6 cm³/mol. The molecule has 100 valence electrons. The van der Waals surface area contributed by atoms with Crippen LogP contribution in [-0.4, -0.2) is 26.8 Å². The predicted octanol–water partition coefficient (Wildman–Crippen LogP) is 0.575. The summed E-state index contributed by atoms with van der Waals surface area (Å²) in [5.74, 6) is 0.0322. The average Bonchev–Trinajstić information content (AvgIpc) is 2.36. The minimum Gasteiger partial charge on any atom is -0.440 e. The zero-order valence-electron chi connectivity index (χ0n) is 10.00. The van der Waals surface area contributed by atoms with Crippen LogP contribution in [0.15, 0.2) is 29.2 Å². The molecule has 0 radical (unpaired) electrons. The van der Waals surface area contributed by atoms with E-state index in [1.165, 1.54) is 12.1 Å². The lowest BCUT2D eigenvalue weighted by Crippen LogP contribution is -2.23. The van der Waals surface area contributed by atoms with Gasteiger partial charge in [0.25, 0.3) is 0 Å². The number of primary amides is 1. The molecule has 0 saturated heterocycles. The number of rotatable bonds is 5. The second kappa shape index (κ2) is 5.83. The molecule has 18 heavy (non-hydrogen) atoms. The maximum atomic E-state index is 11.6. The Morgan fingerprint density at radius 1 is 1.33 bits per heavy atom. The Morgan fingerprint density at radius 2 is 1.89 bits per heavy atom. The van der Waals surface area contributed by atoms with Crippen molar-refractivity contribution < 1.29 is 17.9 Å². The van der Waals surface area contributed by atoms with Crippen molar-refractivity contribution >= 4 is 15.9 Å². The Balaban J connectivity index is 2.98. The molecule has 1 atom stereocenters. The first kappa shape index (κ1) is 14.5. The largest absolute Gasteiger partial charge is 0.440 e. The molecule has 0 heterocycles. The SMILES string of the molecule is CCS(=O)(=O)c1ccc(C(CN)OC(N)=O)cc1. The van der Waals surface area contributed by atoms with Crippen LogP contribution < -0.4 is 11.5 Å². The van der Waals surface area contributed by atoms with Gasteiger partial charge < -0.3 is 16.2 Å². The molecule has 4 N–H and O–H groups in total. The quantitative estimate of drug-likeness (QED) is 0.813. The van der Waals surface area contributed by atoms with E-state index >= 15 is 0 Å². The molecule has 1 unspecified atom stereocenters. The molecule has 0 bridgehead atoms. The number of amides is 1. The molecule has 1 rings (SSSR count). The van der Waals surface area contributed by atoms with Gasteiger partial charge in [0.05, 0.1) is 10.6 Å². The third kappa shape index (κ3) is 3.44. The number of carbonyl (C=O) groups is 1. The molecule has 1 aromatic carbocycles. The number of carbonyl (C=O) groups excluding carboxylic acids is 1. The molecule has 0 spiro atoms. The summed E-state index contributed by atoms with van der Waals surface area (Å²) in [5.41, 5.74) is 11.0. The van der Waals surface area contributed by atoms with Crippen molar-refractivity contribution in [3.63, 3.8) is 0 Å². The summed E-state index contributed by atoms with van der Waals surface area (Å²) in [6, 6.07) is 6.04. The molecule has 1 amide bonds. The fraction of sp³-hybridized carbons (Fsp3) is 0.364. The van der Waals surface area contributed by atoms with Gasteiger partial charge in [-0.05, 0) is 17.7 Å². The van der Waals surface area contributed by atoms with Crippen molar-refractivity contribution in [2.24, 2.45) is 11.5 Å². The van der Waals surface area contributed by atoms with Crippen LogP contribution in [0.3, 0.4) is 0 Å². The maximum Gasteiger partial charge on any atom is 0.405 e. The van der Waals surface area contributed by atoms with Gasteiger partial charge in [-0.15, -0.1) is 0 Å². The Morgan fingerprint density at radius 3 is 2.28 bits per heavy atom. The number of nitrogens with two attached hydrogens (primary N) is 2. The van der Waals surface area contributed by atoms with Crippen molar-refractivity contribution in [3.05, 3.63) is 29.8 Å². The monoisotopic (exact) mass is 272 g/mol. The van der Waals surface area contributed by atoms with Crippen molar-refractivity contribution in [3.8, 4) is 0 Å². The third-order valence-corrected chi connectivity index (χ3v) is 4.21. The van der Waals surface area contributed by atoms with E-state index < -0.39 is 22.0 Å². The van der Waals surface area contributed by atoms with Crippen molar-refractivity contribution in [2.45, 2.75) is 17.9 Å². The van der Waals surface area contributed by atoms with Crippen LogP contribution in [0.4, 0.5) is 4.79 Å². The fourth-order valence-corrected chi connectivity index (χ4v) is 2.33. The summed E-state index contributed by atoms with van der Waals surface area (Å²) in [6.45, 7) is 1.64. The van der Waals surface area contributed by atoms with Crippen molar-refractivity contribution in [1.82, 2.24) is 0 Å². The highest BCUT2D eigenvalue weighted by molar-refractivity contribution is 7.91. The summed E-state index contributed by atoms with van der Waals surface area (Å²) in [7, 11) is -3.23. The Hall–Kier alpha value is -1.60. The second-order valence-corrected chi connectivity index (χ2v) is 5.91. The van der Waals surface area contributed by atoms with E-state index in [-0.39, 0.29) is 17.2 Å². The van der Waals surface area contributed by atoms with Crippen molar-refractivity contribution in [1.29, 1.82) is 0 Å². The number of benzene rings is 1. The normalized spacial score (nSPS) is 13.0. The van der Waals surface area contributed by atoms with E-state index in [4.69, 9.17) is 16.2 Å². The maximum absolute atomic E-state index is 11.6. The lowest BCUT2D eigenvalue weighted by atomic mass is 10.1. The Bertz CT molecular complexity index is 510. The standard InChI is InChI=1S/C11H16N2O4S/c1-2-18(15,16)9-5-3-8(4-6-9)10(7-12)17-11(13)14/h3-6,10H,2,7,12H2,1H3,(H2,13,14). The lowest BCUT2D eigenvalue weighted by Gasteiger charge is -2.15. The number of hydrogen-bond donors (Lipinski definition) is 2. The smallest absolute Gasteiger partial charge is 0.405 e. The summed E-state index contributed by atoms with van der Waals surface area (Å²) >= 11 is 0. The third-order valence-electron chi connectivity index (χ3n) is 2.46. The van der Waals surface area contributed by atoms with Gasteiger partial charge in [-0.25, -0.2) is 13.2 Å². The zero-order chi connectivity index (χ0) is 13.8. The molecule has 0 aliphatic carbocycles. The summed E-state index contributed by atoms with van der Waals surface area (Å²) < 4.78 is 28.0. The molecule has 6 nitrogen and oxygen atoms in total. The van der Waals surface area contributed by atoms with Crippen LogP contribution in [0.5, 0.6) is 0 Å². The molecule has 0 fully saturated rings. The summed E-state index contributed by atoms with van der Waals surface area (Å²) in [4.78, 5) is 10.9. The lowest BCUT2D eigenvalue weighted by molar-refractivity contribution is 0.111. The molecule has 1 aromatic rings. The molecule has 0 aromatic heterocycles. The molecular weight excluding hydrogens is 256 g/mol. The van der Waals surface area contributed by atoms with E-state index in [9.17, 15) is 13.2 Å². The van der Waals surface area contributed by atoms with Crippen molar-refractivity contribution in [2.75, 3.05) is 12.3 Å². The van der Waals surface area contributed by atoms with E-state index in [1.54, 1.807) is 19.1 Å². The molecule has 7 heteroatoms. The molecular formula is C11H16N2O4S. The van der Waals surface area contributed by atoms with Crippen LogP contribution in [0.1, 0.15) is 18.6 Å². The van der Waals surface area contributed by atoms with Gasteiger partial charge in [0.15, 0.2) is 9.84 Å². The van der Waals surface area contributed by atoms with Crippen LogP contribution in [0, 0.1) is 0 Å². The first-order valence-electron chi connectivity index (χ1n) is 5.39. The van der Waals surface area contributed by atoms with E-state index in [0.717, 1.165) is 0 Å². The highest BCUT2D eigenvalue weighted by atomic mass is 32.2. The topological polar surface area (TPSA) is 112 Å². The van der Waals surface area contributed by atoms with Gasteiger partial charge in [0.1, 0.15) is 6.10 Å². The van der Waals surface area contributed by atoms with E-state index in [0.29, 0.717) is 5.56 Å². The highest BCUT2D eigenvalue weighted by Crippen LogP contribution is 2.19. The van der Waals surface area contributed by atoms with E-state index in [2.05, 4.69) is 0 Å².